The fraction of sp³-hybridized carbons (Fsp3) is 0.143. The van der Waals surface area contributed by atoms with Crippen molar-refractivity contribution in [1.82, 2.24) is 14.1 Å². The Labute approximate surface area is 416 Å². The molecule has 332 valence electrons. The zero-order valence-electron chi connectivity index (χ0n) is 50.6. The molecule has 0 spiro atoms. The molecule has 0 aliphatic rings. The number of pyridine rings is 1. The van der Waals surface area contributed by atoms with Gasteiger partial charge in [-0.25, -0.2) is 4.98 Å². The molecule has 5 heteroatoms. The van der Waals surface area contributed by atoms with E-state index >= 15 is 0 Å². The van der Waals surface area contributed by atoms with E-state index in [1.54, 1.807) is 33.5 Å². The second kappa shape index (κ2) is 17.0. The molecule has 0 saturated heterocycles. The number of imidazole rings is 1. The van der Waals surface area contributed by atoms with Crippen LogP contribution in [0.5, 0.6) is 11.5 Å². The molecule has 0 atom stereocenters. The van der Waals surface area contributed by atoms with Crippen LogP contribution in [-0.2, 0) is 11.8 Å². The highest BCUT2D eigenvalue weighted by Crippen LogP contribution is 2.40. The van der Waals surface area contributed by atoms with Gasteiger partial charge in [0.15, 0.2) is 0 Å². The lowest BCUT2D eigenvalue weighted by molar-refractivity contribution is -0.571. The van der Waals surface area contributed by atoms with Crippen LogP contribution in [0.25, 0.3) is 83.4 Å². The van der Waals surface area contributed by atoms with Crippen LogP contribution < -0.4 is 9.30 Å². The van der Waals surface area contributed by atoms with E-state index in [1.807, 2.05) is 124 Å². The number of ether oxygens (including phenoxy) is 1. The standard InChI is InChI=1S/C63H54N4O/c1-62(2,3)40-46-36-60(64-41-55(46)45-24-14-9-15-25-45)67-56-35-32-47(63(4,5)6)37-54(56)53-34-33-50(39-59(53)67)68-49-27-18-26-48(38-49)65-42-66(58-31-17-16-30-57(58)65)61-51(43-20-10-7-11-21-43)28-19-29-52(61)44-22-12-8-13-23-44/h7-39,41H,40H2,1-6H3/i7D,8D,10D,11D,12D,13D,20D,21D,22D,23D,40D2. The maximum absolute atomic E-state index is 9.58. The Hall–Kier alpha value is -8.02. The quantitative estimate of drug-likeness (QED) is 0.107. The van der Waals surface area contributed by atoms with E-state index < -0.39 is 72.2 Å². The molecule has 0 aliphatic heterocycles. The number of fused-ring (bicyclic) bond motifs is 4. The normalized spacial score (nSPS) is 14.7. The third-order valence-electron chi connectivity index (χ3n) is 12.0. The van der Waals surface area contributed by atoms with Crippen molar-refractivity contribution in [3.63, 3.8) is 0 Å². The summed E-state index contributed by atoms with van der Waals surface area (Å²) in [5, 5.41) is 1.95. The van der Waals surface area contributed by atoms with Crippen molar-refractivity contribution in [3.05, 3.63) is 224 Å². The minimum absolute atomic E-state index is 0.140. The predicted octanol–water partition coefficient (Wildman–Crippen LogP) is 15.9. The summed E-state index contributed by atoms with van der Waals surface area (Å²) in [5.41, 5.74) is 5.89. The van der Waals surface area contributed by atoms with Crippen LogP contribution >= 0.6 is 0 Å². The maximum atomic E-state index is 9.58. The van der Waals surface area contributed by atoms with Gasteiger partial charge in [0.05, 0.1) is 47.1 Å². The summed E-state index contributed by atoms with van der Waals surface area (Å²) >= 11 is 0. The second-order valence-corrected chi connectivity index (χ2v) is 18.9. The molecule has 5 nitrogen and oxygen atoms in total. The first kappa shape index (κ1) is 31.0. The van der Waals surface area contributed by atoms with Gasteiger partial charge in [-0.3, -0.25) is 13.7 Å². The van der Waals surface area contributed by atoms with Gasteiger partial charge in [-0.05, 0) is 105 Å². The lowest BCUT2D eigenvalue weighted by atomic mass is 9.85. The van der Waals surface area contributed by atoms with E-state index in [2.05, 4.69) is 49.9 Å². The molecule has 68 heavy (non-hydrogen) atoms. The molecule has 0 aliphatic carbocycles. The Kier molecular flexibility index (Phi) is 7.76. The number of rotatable bonds is 9. The lowest BCUT2D eigenvalue weighted by Crippen LogP contribution is -2.31. The first-order chi connectivity index (χ1) is 37.9. The molecule has 0 N–H and O–H groups in total. The van der Waals surface area contributed by atoms with Crippen molar-refractivity contribution in [2.24, 2.45) is 5.41 Å². The van der Waals surface area contributed by atoms with Crippen molar-refractivity contribution in [1.29, 1.82) is 0 Å². The van der Waals surface area contributed by atoms with Crippen molar-refractivity contribution in [2.75, 3.05) is 0 Å². The average Bonchev–Trinajstić information content (AvgIpc) is 4.14. The molecular formula is C63H54N4O. The minimum atomic E-state index is -1.77. The van der Waals surface area contributed by atoms with Crippen LogP contribution in [0, 0.1) is 11.7 Å². The summed E-state index contributed by atoms with van der Waals surface area (Å²) in [4.78, 5) is 5.08. The number of para-hydroxylation sites is 3. The Bertz CT molecular complexity index is 4200. The van der Waals surface area contributed by atoms with Gasteiger partial charge >= 0.3 is 0 Å². The van der Waals surface area contributed by atoms with Crippen molar-refractivity contribution < 1.29 is 25.8 Å². The number of nitrogens with zero attached hydrogens (tertiary/aromatic N) is 4. The average molecular weight is 895 g/mol. The van der Waals surface area contributed by atoms with Gasteiger partial charge in [0.1, 0.15) is 17.3 Å². The lowest BCUT2D eigenvalue weighted by Gasteiger charge is -2.22. The molecule has 0 fully saturated rings. The zero-order chi connectivity index (χ0) is 57.1. The van der Waals surface area contributed by atoms with Gasteiger partial charge < -0.3 is 4.74 Å². The molecule has 3 heterocycles. The Morgan fingerprint density at radius 2 is 1.26 bits per heavy atom. The molecule has 0 radical (unpaired) electrons. The molecular weight excluding hydrogens is 829 g/mol. The zero-order valence-corrected chi connectivity index (χ0v) is 38.6. The predicted molar refractivity (Wildman–Crippen MR) is 280 cm³/mol. The highest BCUT2D eigenvalue weighted by molar-refractivity contribution is 6.10. The Morgan fingerprint density at radius 1 is 0.588 bits per heavy atom. The molecule has 11 aromatic rings. The number of hydrogen-bond acceptors (Lipinski definition) is 2. The monoisotopic (exact) mass is 895 g/mol. The second-order valence-electron chi connectivity index (χ2n) is 18.9. The van der Waals surface area contributed by atoms with E-state index in [4.69, 9.17) is 23.4 Å². The number of hydrogen-bond donors (Lipinski definition) is 0. The van der Waals surface area contributed by atoms with Gasteiger partial charge in [-0.15, -0.1) is 0 Å². The largest absolute Gasteiger partial charge is 0.458 e. The fourth-order valence-corrected chi connectivity index (χ4v) is 8.90. The first-order valence-corrected chi connectivity index (χ1v) is 22.5. The van der Waals surface area contributed by atoms with Crippen molar-refractivity contribution in [2.45, 2.75) is 53.3 Å². The third kappa shape index (κ3) is 8.04. The Morgan fingerprint density at radius 3 is 1.97 bits per heavy atom. The van der Waals surface area contributed by atoms with Gasteiger partial charge in [0, 0.05) is 31.3 Å². The van der Waals surface area contributed by atoms with Gasteiger partial charge in [0.2, 0.25) is 0 Å². The molecule has 11 rings (SSSR count). The smallest absolute Gasteiger partial charge is 0.269 e. The van der Waals surface area contributed by atoms with Crippen LogP contribution in [0.15, 0.2) is 206 Å². The highest BCUT2D eigenvalue weighted by atomic mass is 16.5. The maximum Gasteiger partial charge on any atom is 0.269 e. The Balaban J connectivity index is 1.08. The van der Waals surface area contributed by atoms with Crippen molar-refractivity contribution >= 4 is 32.8 Å². The SMILES string of the molecule is [2H]c1c([2H])c([2H])c(-c2cccc(-c3c([2H])c([2H])c([2H])c([2H])c3[2H])c2-[n+]2[c-]n(-c3cccc(Oc4ccc5c6cc(C(C)(C)C)ccc6n(-c6cc(C([2H])([2H])C(C)(C)C)c(-c7ccccc7)cn6)c5c4)c3)c3ccccc32)c([2H])c1[2H]. The van der Waals surface area contributed by atoms with Crippen LogP contribution in [0.2, 0.25) is 0 Å². The summed E-state index contributed by atoms with van der Waals surface area (Å²) in [6.45, 7) is 12.2. The van der Waals surface area contributed by atoms with Crippen LogP contribution in [0.1, 0.15) is 69.1 Å². The van der Waals surface area contributed by atoms with Crippen LogP contribution in [-0.4, -0.2) is 14.1 Å². The summed E-state index contributed by atoms with van der Waals surface area (Å²) in [5.74, 6) is 1.51. The summed E-state index contributed by atoms with van der Waals surface area (Å²) in [7, 11) is 0. The minimum Gasteiger partial charge on any atom is -0.458 e. The van der Waals surface area contributed by atoms with Gasteiger partial charge in [-0.2, -0.15) is 0 Å². The first-order valence-electron chi connectivity index (χ1n) is 28.5. The van der Waals surface area contributed by atoms with Crippen molar-refractivity contribution in [3.8, 4) is 62.1 Å². The molecule has 0 bridgehead atoms. The summed E-state index contributed by atoms with van der Waals surface area (Å²) in [6, 6.07) is 38.1. The van der Waals surface area contributed by atoms with E-state index in [0.29, 0.717) is 45.2 Å². The summed E-state index contributed by atoms with van der Waals surface area (Å²) in [6.07, 6.45) is 3.45. The molecule has 3 aromatic heterocycles. The topological polar surface area (TPSA) is 35.9 Å². The van der Waals surface area contributed by atoms with Crippen LogP contribution in [0.3, 0.4) is 0 Å². The van der Waals surface area contributed by atoms with Gasteiger partial charge in [0.25, 0.3) is 6.33 Å². The number of aromatic nitrogens is 4. The van der Waals surface area contributed by atoms with Crippen LogP contribution in [0.4, 0.5) is 0 Å². The molecule has 8 aromatic carbocycles. The molecule has 0 unspecified atom stereocenters. The third-order valence-corrected chi connectivity index (χ3v) is 12.0. The highest BCUT2D eigenvalue weighted by Gasteiger charge is 2.23. The van der Waals surface area contributed by atoms with E-state index in [9.17, 15) is 2.74 Å². The van der Waals surface area contributed by atoms with E-state index in [-0.39, 0.29) is 33.4 Å². The molecule has 0 saturated carbocycles. The molecule has 0 amide bonds. The van der Waals surface area contributed by atoms with E-state index in [1.165, 1.54) is 0 Å². The number of benzene rings is 8. The van der Waals surface area contributed by atoms with Gasteiger partial charge in [-0.1, -0.05) is 187 Å². The fourth-order valence-electron chi connectivity index (χ4n) is 8.90. The van der Waals surface area contributed by atoms with E-state index in [0.717, 1.165) is 32.9 Å². The summed E-state index contributed by atoms with van der Waals surface area (Å²) < 4.78 is 119.